The highest BCUT2D eigenvalue weighted by Crippen LogP contribution is 2.37. The van der Waals surface area contributed by atoms with Crippen LogP contribution in [0.15, 0.2) is 41.3 Å². The lowest BCUT2D eigenvalue weighted by atomic mass is 10.1. The van der Waals surface area contributed by atoms with E-state index in [1.807, 2.05) is 12.1 Å². The van der Waals surface area contributed by atoms with Gasteiger partial charge in [-0.05, 0) is 36.6 Å². The largest absolute Gasteiger partial charge is 0.379 e. The molecular weight excluding hydrogens is 276 g/mol. The SMILES string of the molecule is Cc1ccc(F)c(NCC2Cc3ccccc3S2)c1F. The second kappa shape index (κ2) is 5.44. The molecule has 0 aliphatic carbocycles. The first-order chi connectivity index (χ1) is 9.65. The summed E-state index contributed by atoms with van der Waals surface area (Å²) in [4.78, 5) is 1.27. The van der Waals surface area contributed by atoms with Crippen molar-refractivity contribution in [2.75, 3.05) is 11.9 Å². The predicted octanol–water partition coefficient (Wildman–Crippen LogP) is 4.40. The molecule has 1 aliphatic rings. The van der Waals surface area contributed by atoms with E-state index in [9.17, 15) is 8.78 Å². The average Bonchev–Trinajstić information content (AvgIpc) is 2.86. The third-order valence-corrected chi connectivity index (χ3v) is 4.82. The van der Waals surface area contributed by atoms with E-state index in [0.29, 0.717) is 17.4 Å². The third-order valence-electron chi connectivity index (χ3n) is 3.50. The standard InChI is InChI=1S/C16H15F2NS/c1-10-6-7-13(17)16(15(10)18)19-9-12-8-11-4-2-3-5-14(11)20-12/h2-7,12,19H,8-9H2,1H3. The molecule has 1 nitrogen and oxygen atoms in total. The summed E-state index contributed by atoms with van der Waals surface area (Å²) in [6.45, 7) is 2.19. The summed E-state index contributed by atoms with van der Waals surface area (Å²) >= 11 is 1.76. The van der Waals surface area contributed by atoms with Crippen LogP contribution < -0.4 is 5.32 Å². The normalized spacial score (nSPS) is 17.1. The number of benzene rings is 2. The van der Waals surface area contributed by atoms with Gasteiger partial charge in [0.1, 0.15) is 11.5 Å². The number of nitrogens with one attached hydrogen (secondary N) is 1. The summed E-state index contributed by atoms with van der Waals surface area (Å²) in [5, 5.41) is 3.24. The van der Waals surface area contributed by atoms with E-state index in [1.165, 1.54) is 22.6 Å². The number of fused-ring (bicyclic) bond motifs is 1. The maximum Gasteiger partial charge on any atom is 0.152 e. The summed E-state index contributed by atoms with van der Waals surface area (Å²) in [6, 6.07) is 11.0. The Labute approximate surface area is 121 Å². The lowest BCUT2D eigenvalue weighted by molar-refractivity contribution is 0.582. The lowest BCUT2D eigenvalue weighted by Crippen LogP contribution is -2.17. The highest BCUT2D eigenvalue weighted by atomic mass is 32.2. The first-order valence-corrected chi connectivity index (χ1v) is 7.46. The van der Waals surface area contributed by atoms with Gasteiger partial charge in [-0.25, -0.2) is 8.78 Å². The Hall–Kier alpha value is -1.55. The van der Waals surface area contributed by atoms with Gasteiger partial charge in [0.2, 0.25) is 0 Å². The fourth-order valence-corrected chi connectivity index (χ4v) is 3.65. The maximum absolute atomic E-state index is 13.9. The fourth-order valence-electron chi connectivity index (χ4n) is 2.40. The minimum absolute atomic E-state index is 0.0124. The molecule has 3 rings (SSSR count). The van der Waals surface area contributed by atoms with Crippen molar-refractivity contribution in [3.8, 4) is 0 Å². The number of hydrogen-bond acceptors (Lipinski definition) is 2. The first-order valence-electron chi connectivity index (χ1n) is 6.58. The van der Waals surface area contributed by atoms with Crippen LogP contribution in [0.1, 0.15) is 11.1 Å². The fraction of sp³-hybridized carbons (Fsp3) is 0.250. The Morgan fingerprint density at radius 3 is 2.80 bits per heavy atom. The Balaban J connectivity index is 1.69. The molecule has 104 valence electrons. The molecule has 0 spiro atoms. The Bertz CT molecular complexity index is 617. The molecule has 0 fully saturated rings. The van der Waals surface area contributed by atoms with E-state index >= 15 is 0 Å². The molecule has 0 amide bonds. The van der Waals surface area contributed by atoms with Gasteiger partial charge >= 0.3 is 0 Å². The number of anilines is 1. The topological polar surface area (TPSA) is 12.0 Å². The second-order valence-corrected chi connectivity index (χ2v) is 6.33. The predicted molar refractivity (Wildman–Crippen MR) is 79.4 cm³/mol. The van der Waals surface area contributed by atoms with Crippen LogP contribution in [0.3, 0.4) is 0 Å². The molecule has 1 atom stereocenters. The summed E-state index contributed by atoms with van der Waals surface area (Å²) < 4.78 is 27.5. The average molecular weight is 291 g/mol. The zero-order valence-corrected chi connectivity index (χ0v) is 11.9. The summed E-state index contributed by atoms with van der Waals surface area (Å²) in [7, 11) is 0. The van der Waals surface area contributed by atoms with Crippen LogP contribution >= 0.6 is 11.8 Å². The third kappa shape index (κ3) is 2.52. The van der Waals surface area contributed by atoms with E-state index in [2.05, 4.69) is 17.4 Å². The van der Waals surface area contributed by atoms with Gasteiger partial charge in [-0.1, -0.05) is 24.3 Å². The van der Waals surface area contributed by atoms with Crippen LogP contribution in [0.5, 0.6) is 0 Å². The molecule has 1 N–H and O–H groups in total. The molecule has 2 aromatic carbocycles. The van der Waals surface area contributed by atoms with Crippen molar-refractivity contribution >= 4 is 17.4 Å². The van der Waals surface area contributed by atoms with E-state index < -0.39 is 11.6 Å². The Morgan fingerprint density at radius 2 is 2.00 bits per heavy atom. The molecule has 0 aromatic heterocycles. The Kier molecular flexibility index (Phi) is 3.66. The number of aryl methyl sites for hydroxylation is 1. The smallest absolute Gasteiger partial charge is 0.152 e. The van der Waals surface area contributed by atoms with E-state index in [0.717, 1.165) is 6.42 Å². The van der Waals surface area contributed by atoms with Gasteiger partial charge in [-0.15, -0.1) is 11.8 Å². The van der Waals surface area contributed by atoms with Crippen LogP contribution in [-0.2, 0) is 6.42 Å². The van der Waals surface area contributed by atoms with Crippen molar-refractivity contribution in [2.24, 2.45) is 0 Å². The van der Waals surface area contributed by atoms with Crippen LogP contribution in [0, 0.1) is 18.6 Å². The van der Waals surface area contributed by atoms with Crippen LogP contribution in [0.25, 0.3) is 0 Å². The van der Waals surface area contributed by atoms with Crippen molar-refractivity contribution in [1.29, 1.82) is 0 Å². The summed E-state index contributed by atoms with van der Waals surface area (Å²) in [6.07, 6.45) is 0.933. The summed E-state index contributed by atoms with van der Waals surface area (Å²) in [5.74, 6) is -1.03. The zero-order chi connectivity index (χ0) is 14.1. The maximum atomic E-state index is 13.9. The van der Waals surface area contributed by atoms with Gasteiger partial charge in [0, 0.05) is 16.7 Å². The number of thioether (sulfide) groups is 1. The van der Waals surface area contributed by atoms with Gasteiger partial charge in [0.25, 0.3) is 0 Å². The first kappa shape index (κ1) is 13.4. The Morgan fingerprint density at radius 1 is 1.20 bits per heavy atom. The van der Waals surface area contributed by atoms with E-state index in [-0.39, 0.29) is 5.69 Å². The van der Waals surface area contributed by atoms with Crippen molar-refractivity contribution in [3.63, 3.8) is 0 Å². The van der Waals surface area contributed by atoms with E-state index in [1.54, 1.807) is 18.7 Å². The molecule has 4 heteroatoms. The minimum atomic E-state index is -0.534. The van der Waals surface area contributed by atoms with Gasteiger partial charge < -0.3 is 5.32 Å². The molecule has 1 heterocycles. The van der Waals surface area contributed by atoms with Crippen molar-refractivity contribution < 1.29 is 8.78 Å². The van der Waals surface area contributed by atoms with Gasteiger partial charge in [0.05, 0.1) is 0 Å². The molecule has 0 radical (unpaired) electrons. The van der Waals surface area contributed by atoms with Gasteiger partial charge in [-0.2, -0.15) is 0 Å². The monoisotopic (exact) mass is 291 g/mol. The minimum Gasteiger partial charge on any atom is -0.379 e. The number of halogens is 2. The molecular formula is C16H15F2NS. The van der Waals surface area contributed by atoms with Crippen LogP contribution in [-0.4, -0.2) is 11.8 Å². The number of hydrogen-bond donors (Lipinski definition) is 1. The van der Waals surface area contributed by atoms with Gasteiger partial charge in [-0.3, -0.25) is 0 Å². The van der Waals surface area contributed by atoms with Crippen LogP contribution in [0.2, 0.25) is 0 Å². The van der Waals surface area contributed by atoms with Crippen molar-refractivity contribution in [1.82, 2.24) is 0 Å². The molecule has 0 bridgehead atoms. The van der Waals surface area contributed by atoms with Gasteiger partial charge in [0.15, 0.2) is 5.82 Å². The second-order valence-electron chi connectivity index (χ2n) is 4.99. The van der Waals surface area contributed by atoms with Crippen molar-refractivity contribution in [3.05, 3.63) is 59.2 Å². The van der Waals surface area contributed by atoms with Crippen molar-refractivity contribution in [2.45, 2.75) is 23.5 Å². The zero-order valence-electron chi connectivity index (χ0n) is 11.1. The number of rotatable bonds is 3. The van der Waals surface area contributed by atoms with Crippen LogP contribution in [0.4, 0.5) is 14.5 Å². The highest BCUT2D eigenvalue weighted by molar-refractivity contribution is 8.00. The molecule has 0 saturated heterocycles. The molecule has 1 unspecified atom stereocenters. The summed E-state index contributed by atoms with van der Waals surface area (Å²) in [5.41, 5.74) is 1.76. The molecule has 20 heavy (non-hydrogen) atoms. The molecule has 2 aromatic rings. The highest BCUT2D eigenvalue weighted by Gasteiger charge is 2.22. The lowest BCUT2D eigenvalue weighted by Gasteiger charge is -2.13. The molecule has 1 aliphatic heterocycles. The van der Waals surface area contributed by atoms with E-state index in [4.69, 9.17) is 0 Å². The molecule has 0 saturated carbocycles. The quantitative estimate of drug-likeness (QED) is 0.899.